The Hall–Kier alpha value is -1.13. The Bertz CT molecular complexity index is 535. The summed E-state index contributed by atoms with van der Waals surface area (Å²) in [5.74, 6) is 0.105. The van der Waals surface area contributed by atoms with E-state index in [2.05, 4.69) is 64.3 Å². The van der Waals surface area contributed by atoms with Crippen molar-refractivity contribution in [2.75, 3.05) is 11.9 Å². The van der Waals surface area contributed by atoms with E-state index < -0.39 is 9.04 Å². The minimum Gasteiger partial charge on any atom is -0.407 e. The zero-order chi connectivity index (χ0) is 18.3. The van der Waals surface area contributed by atoms with E-state index in [0.29, 0.717) is 6.42 Å². The lowest BCUT2D eigenvalue weighted by Crippen LogP contribution is -2.29. The van der Waals surface area contributed by atoms with Gasteiger partial charge in [0.2, 0.25) is 9.04 Å². The first-order valence-electron chi connectivity index (χ1n) is 9.10. The lowest BCUT2D eigenvalue weighted by Gasteiger charge is -2.24. The number of anilines is 1. The maximum absolute atomic E-state index is 13.1. The number of Topliss-reactive ketones (excluding diaryl/α,β-unsaturated/α-hetero) is 1. The second kappa shape index (κ2) is 9.38. The van der Waals surface area contributed by atoms with Crippen LogP contribution >= 0.6 is 0 Å². The SMILES string of the molecule is CCCCNc1ccc(C(C)(C)C)cc1C(=O)C(CC)O[Si](C)C. The van der Waals surface area contributed by atoms with E-state index >= 15 is 0 Å². The van der Waals surface area contributed by atoms with Crippen LogP contribution in [0.5, 0.6) is 0 Å². The molecule has 0 fully saturated rings. The largest absolute Gasteiger partial charge is 0.407 e. The average molecular weight is 349 g/mol. The molecule has 0 bridgehead atoms. The van der Waals surface area contributed by atoms with Crippen LogP contribution in [0.15, 0.2) is 18.2 Å². The van der Waals surface area contributed by atoms with Crippen molar-refractivity contribution in [2.24, 2.45) is 0 Å². The molecule has 0 amide bonds. The Morgan fingerprint density at radius 3 is 2.42 bits per heavy atom. The first-order chi connectivity index (χ1) is 11.2. The van der Waals surface area contributed by atoms with Crippen molar-refractivity contribution in [3.05, 3.63) is 29.3 Å². The number of carbonyl (C=O) groups excluding carboxylic acids is 1. The summed E-state index contributed by atoms with van der Waals surface area (Å²) in [5, 5.41) is 3.44. The third-order valence-electron chi connectivity index (χ3n) is 4.04. The summed E-state index contributed by atoms with van der Waals surface area (Å²) in [7, 11) is -0.910. The van der Waals surface area contributed by atoms with Gasteiger partial charge in [-0.1, -0.05) is 47.1 Å². The number of hydrogen-bond donors (Lipinski definition) is 1. The van der Waals surface area contributed by atoms with Crippen LogP contribution in [-0.2, 0) is 9.84 Å². The summed E-state index contributed by atoms with van der Waals surface area (Å²) >= 11 is 0. The molecule has 0 spiro atoms. The van der Waals surface area contributed by atoms with Crippen LogP contribution in [0.2, 0.25) is 13.1 Å². The number of ketones is 1. The van der Waals surface area contributed by atoms with Crippen molar-refractivity contribution in [2.45, 2.75) is 78.5 Å². The standard InChI is InChI=1S/C20H34NO2Si/c1-8-10-13-21-17-12-11-15(20(3,4)5)14-16(17)19(22)18(9-2)23-24(6)7/h11-12,14,18,21H,8-10,13H2,1-7H3. The smallest absolute Gasteiger partial charge is 0.206 e. The number of unbranched alkanes of at least 4 members (excludes halogenated alkanes) is 1. The number of rotatable bonds is 9. The fourth-order valence-electron chi connectivity index (χ4n) is 2.55. The van der Waals surface area contributed by atoms with Gasteiger partial charge in [0.25, 0.3) is 0 Å². The number of carbonyl (C=O) groups is 1. The Labute approximate surface area is 149 Å². The molecule has 1 rings (SSSR count). The van der Waals surface area contributed by atoms with E-state index in [-0.39, 0.29) is 17.3 Å². The molecule has 0 saturated heterocycles. The molecule has 0 saturated carbocycles. The van der Waals surface area contributed by atoms with Crippen molar-refractivity contribution in [1.29, 1.82) is 0 Å². The molecule has 0 aliphatic carbocycles. The highest BCUT2D eigenvalue weighted by atomic mass is 28.3. The molecule has 1 radical (unpaired) electrons. The van der Waals surface area contributed by atoms with E-state index in [4.69, 9.17) is 4.43 Å². The van der Waals surface area contributed by atoms with E-state index in [1.54, 1.807) is 0 Å². The zero-order valence-electron chi connectivity index (χ0n) is 16.5. The zero-order valence-corrected chi connectivity index (χ0v) is 17.5. The van der Waals surface area contributed by atoms with Gasteiger partial charge in [-0.25, -0.2) is 0 Å². The van der Waals surface area contributed by atoms with Crippen molar-refractivity contribution in [3.63, 3.8) is 0 Å². The number of hydrogen-bond acceptors (Lipinski definition) is 3. The quantitative estimate of drug-likeness (QED) is 0.367. The molecule has 4 heteroatoms. The highest BCUT2D eigenvalue weighted by Crippen LogP contribution is 2.28. The maximum Gasteiger partial charge on any atom is 0.206 e. The van der Waals surface area contributed by atoms with Crippen molar-refractivity contribution in [3.8, 4) is 0 Å². The monoisotopic (exact) mass is 348 g/mol. The Balaban J connectivity index is 3.19. The predicted molar refractivity (Wildman–Crippen MR) is 106 cm³/mol. The molecule has 1 N–H and O–H groups in total. The van der Waals surface area contributed by atoms with Crippen LogP contribution in [0, 0.1) is 0 Å². The molecule has 1 atom stereocenters. The van der Waals surface area contributed by atoms with Gasteiger partial charge in [-0.05, 0) is 49.0 Å². The minimum atomic E-state index is -0.910. The van der Waals surface area contributed by atoms with Gasteiger partial charge in [-0.15, -0.1) is 0 Å². The molecular weight excluding hydrogens is 314 g/mol. The van der Waals surface area contributed by atoms with E-state index in [1.165, 1.54) is 5.56 Å². The Morgan fingerprint density at radius 2 is 1.92 bits per heavy atom. The molecule has 24 heavy (non-hydrogen) atoms. The van der Waals surface area contributed by atoms with Crippen LogP contribution in [0.4, 0.5) is 5.69 Å². The third-order valence-corrected chi connectivity index (χ3v) is 4.79. The van der Waals surface area contributed by atoms with Crippen molar-refractivity contribution < 1.29 is 9.22 Å². The van der Waals surface area contributed by atoms with Gasteiger partial charge >= 0.3 is 0 Å². The van der Waals surface area contributed by atoms with Crippen molar-refractivity contribution in [1.82, 2.24) is 0 Å². The molecule has 0 aliphatic rings. The first kappa shape index (κ1) is 20.9. The average Bonchev–Trinajstić information content (AvgIpc) is 2.51. The predicted octanol–water partition coefficient (Wildman–Crippen LogP) is 5.43. The molecule has 0 aliphatic heterocycles. The molecule has 3 nitrogen and oxygen atoms in total. The highest BCUT2D eigenvalue weighted by molar-refractivity contribution is 6.48. The Kier molecular flexibility index (Phi) is 8.17. The summed E-state index contributed by atoms with van der Waals surface area (Å²) in [5.41, 5.74) is 2.91. The van der Waals surface area contributed by atoms with Gasteiger partial charge in [-0.3, -0.25) is 4.79 Å². The van der Waals surface area contributed by atoms with E-state index in [9.17, 15) is 4.79 Å². The highest BCUT2D eigenvalue weighted by Gasteiger charge is 2.25. The first-order valence-corrected chi connectivity index (χ1v) is 11.5. The van der Waals surface area contributed by atoms with Crippen molar-refractivity contribution >= 4 is 20.5 Å². The third kappa shape index (κ3) is 6.06. The van der Waals surface area contributed by atoms with Crippen LogP contribution in [0.25, 0.3) is 0 Å². The van der Waals surface area contributed by atoms with Gasteiger partial charge < -0.3 is 9.74 Å². The Morgan fingerprint density at radius 1 is 1.25 bits per heavy atom. The molecular formula is C20H34NO2Si. The van der Waals surface area contributed by atoms with Gasteiger partial charge in [-0.2, -0.15) is 0 Å². The molecule has 1 unspecified atom stereocenters. The van der Waals surface area contributed by atoms with Gasteiger partial charge in [0.05, 0.1) is 0 Å². The maximum atomic E-state index is 13.1. The molecule has 135 valence electrons. The number of nitrogens with one attached hydrogen (secondary N) is 1. The van der Waals surface area contributed by atoms with Crippen LogP contribution in [-0.4, -0.2) is 27.5 Å². The van der Waals surface area contributed by atoms with Crippen LogP contribution in [0.1, 0.15) is 69.8 Å². The van der Waals surface area contributed by atoms with Gasteiger partial charge in [0.15, 0.2) is 5.78 Å². The summed E-state index contributed by atoms with van der Waals surface area (Å²) in [6, 6.07) is 6.24. The molecule has 0 aromatic heterocycles. The van der Waals surface area contributed by atoms with Gasteiger partial charge in [0.1, 0.15) is 6.10 Å². The number of benzene rings is 1. The molecule has 0 heterocycles. The fourth-order valence-corrected chi connectivity index (χ4v) is 3.39. The summed E-state index contributed by atoms with van der Waals surface area (Å²) in [4.78, 5) is 13.1. The fraction of sp³-hybridized carbons (Fsp3) is 0.650. The van der Waals surface area contributed by atoms with Crippen LogP contribution < -0.4 is 5.32 Å². The minimum absolute atomic E-state index is 0.0179. The van der Waals surface area contributed by atoms with E-state index in [1.807, 2.05) is 6.92 Å². The lowest BCUT2D eigenvalue weighted by atomic mass is 9.85. The molecule has 1 aromatic carbocycles. The summed E-state index contributed by atoms with van der Waals surface area (Å²) < 4.78 is 5.95. The molecule has 1 aromatic rings. The van der Waals surface area contributed by atoms with E-state index in [0.717, 1.165) is 30.6 Å². The topological polar surface area (TPSA) is 38.3 Å². The normalized spacial score (nSPS) is 13.2. The summed E-state index contributed by atoms with van der Waals surface area (Å²) in [6.45, 7) is 15.8. The second-order valence-electron chi connectivity index (χ2n) is 7.58. The summed E-state index contributed by atoms with van der Waals surface area (Å²) in [6.07, 6.45) is 2.60. The van der Waals surface area contributed by atoms with Crippen LogP contribution in [0.3, 0.4) is 0 Å². The lowest BCUT2D eigenvalue weighted by molar-refractivity contribution is 0.0786. The second-order valence-corrected chi connectivity index (χ2v) is 9.63. The van der Waals surface area contributed by atoms with Gasteiger partial charge in [0, 0.05) is 17.8 Å².